The topological polar surface area (TPSA) is 78.4 Å². The van der Waals surface area contributed by atoms with E-state index >= 15 is 0 Å². The maximum absolute atomic E-state index is 13.4. The van der Waals surface area contributed by atoms with Gasteiger partial charge >= 0.3 is 0 Å². The Morgan fingerprint density at radius 1 is 1.24 bits per heavy atom. The molecule has 0 bridgehead atoms. The highest BCUT2D eigenvalue weighted by Gasteiger charge is 2.30. The maximum atomic E-state index is 13.4. The molecule has 4 rings (SSSR count). The third-order valence-electron chi connectivity index (χ3n) is 7.11. The van der Waals surface area contributed by atoms with Crippen LogP contribution in [0.3, 0.4) is 0 Å². The van der Waals surface area contributed by atoms with Crippen LogP contribution in [0.15, 0.2) is 47.4 Å². The van der Waals surface area contributed by atoms with E-state index in [4.69, 9.17) is 23.2 Å². The first-order chi connectivity index (χ1) is 18.3. The van der Waals surface area contributed by atoms with Crippen molar-refractivity contribution in [1.29, 1.82) is 0 Å². The van der Waals surface area contributed by atoms with E-state index in [2.05, 4.69) is 48.8 Å². The van der Waals surface area contributed by atoms with Gasteiger partial charge in [0, 0.05) is 50.7 Å². The van der Waals surface area contributed by atoms with Gasteiger partial charge in [-0.2, -0.15) is 11.3 Å². The van der Waals surface area contributed by atoms with Crippen LogP contribution in [0.1, 0.15) is 53.2 Å². The van der Waals surface area contributed by atoms with E-state index in [1.165, 1.54) is 5.56 Å². The number of thiophene rings is 1. The second-order valence-corrected chi connectivity index (χ2v) is 11.3. The summed E-state index contributed by atoms with van der Waals surface area (Å²) in [7, 11) is 0. The molecule has 1 aliphatic heterocycles. The number of likely N-dealkylation sites (tertiary alicyclic amines) is 1. The SMILES string of the molecule is Cc1cc(Cl)nc(Cl)c1C(=O)NCCC(C)N1CCC(N(Cc2ccsc2)C(=O)Cc2cccnc2)CC1. The van der Waals surface area contributed by atoms with Crippen molar-refractivity contribution >= 4 is 46.4 Å². The number of hydrogen-bond donors (Lipinski definition) is 1. The highest BCUT2D eigenvalue weighted by molar-refractivity contribution is 7.07. The maximum Gasteiger partial charge on any atom is 0.254 e. The number of rotatable bonds is 10. The standard InChI is InChI=1S/C28H33Cl2N5O2S/c1-19-14-24(29)33-27(30)26(19)28(37)32-10-5-20(2)34-11-6-23(7-12-34)35(17-22-8-13-38-18-22)25(36)15-21-4-3-9-31-16-21/h3-4,8-9,13-14,16,18,20,23H,5-7,10-12,15,17H2,1-2H3,(H,32,37). The zero-order valence-corrected chi connectivity index (χ0v) is 24.0. The number of hydrogen-bond acceptors (Lipinski definition) is 6. The van der Waals surface area contributed by atoms with Crippen molar-refractivity contribution < 1.29 is 9.59 Å². The molecule has 1 atom stereocenters. The van der Waals surface area contributed by atoms with Crippen molar-refractivity contribution in [3.63, 3.8) is 0 Å². The summed E-state index contributed by atoms with van der Waals surface area (Å²) in [6, 6.07) is 8.05. The lowest BCUT2D eigenvalue weighted by Crippen LogP contribution is -2.49. The van der Waals surface area contributed by atoms with E-state index in [0.29, 0.717) is 36.7 Å². The number of aromatic nitrogens is 2. The number of carbonyl (C=O) groups is 2. The Bertz CT molecular complexity index is 1190. The van der Waals surface area contributed by atoms with Crippen molar-refractivity contribution in [2.45, 2.75) is 58.2 Å². The average molecular weight is 575 g/mol. The fourth-order valence-corrected chi connectivity index (χ4v) is 6.23. The van der Waals surface area contributed by atoms with Crippen molar-refractivity contribution in [2.75, 3.05) is 19.6 Å². The molecule has 2 amide bonds. The van der Waals surface area contributed by atoms with Gasteiger partial charge in [-0.1, -0.05) is 29.3 Å². The third kappa shape index (κ3) is 7.53. The number of piperidine rings is 1. The number of aryl methyl sites for hydroxylation is 1. The molecule has 3 aromatic heterocycles. The Balaban J connectivity index is 1.29. The number of nitrogens with one attached hydrogen (secondary N) is 1. The Labute approximate surface area is 238 Å². The van der Waals surface area contributed by atoms with Gasteiger partial charge in [-0.3, -0.25) is 14.6 Å². The third-order valence-corrected chi connectivity index (χ3v) is 8.31. The summed E-state index contributed by atoms with van der Waals surface area (Å²) in [4.78, 5) is 38.7. The van der Waals surface area contributed by atoms with Crippen molar-refractivity contribution in [3.8, 4) is 0 Å². The van der Waals surface area contributed by atoms with Crippen LogP contribution in [0.2, 0.25) is 10.3 Å². The predicted octanol–water partition coefficient (Wildman–Crippen LogP) is 5.40. The first kappa shape index (κ1) is 28.5. The lowest BCUT2D eigenvalue weighted by Gasteiger charge is -2.41. The fourth-order valence-electron chi connectivity index (χ4n) is 4.95. The molecule has 0 aliphatic carbocycles. The number of nitrogens with zero attached hydrogens (tertiary/aromatic N) is 4. The van der Waals surface area contributed by atoms with Gasteiger partial charge in [0.05, 0.1) is 12.0 Å². The minimum absolute atomic E-state index is 0.118. The summed E-state index contributed by atoms with van der Waals surface area (Å²) in [6.07, 6.45) is 6.51. The summed E-state index contributed by atoms with van der Waals surface area (Å²) in [5.74, 6) is -0.0946. The Morgan fingerprint density at radius 2 is 2.03 bits per heavy atom. The lowest BCUT2D eigenvalue weighted by atomic mass is 9.99. The van der Waals surface area contributed by atoms with Gasteiger partial charge in [-0.15, -0.1) is 0 Å². The molecule has 10 heteroatoms. The van der Waals surface area contributed by atoms with Crippen molar-refractivity contribution in [3.05, 3.63) is 80.0 Å². The van der Waals surface area contributed by atoms with Gasteiger partial charge in [-0.05, 0) is 78.8 Å². The van der Waals surface area contributed by atoms with Crippen LogP contribution in [-0.2, 0) is 17.8 Å². The molecule has 7 nitrogen and oxygen atoms in total. The van der Waals surface area contributed by atoms with Crippen LogP contribution in [-0.4, -0.2) is 63.3 Å². The van der Waals surface area contributed by atoms with Gasteiger partial charge in [0.15, 0.2) is 0 Å². The summed E-state index contributed by atoms with van der Waals surface area (Å²) < 4.78 is 0. The summed E-state index contributed by atoms with van der Waals surface area (Å²) in [5, 5.41) is 7.53. The highest BCUT2D eigenvalue weighted by atomic mass is 35.5. The number of amides is 2. The minimum Gasteiger partial charge on any atom is -0.352 e. The minimum atomic E-state index is -0.237. The zero-order valence-electron chi connectivity index (χ0n) is 21.7. The highest BCUT2D eigenvalue weighted by Crippen LogP contribution is 2.24. The van der Waals surface area contributed by atoms with Crippen LogP contribution < -0.4 is 5.32 Å². The van der Waals surface area contributed by atoms with Crippen molar-refractivity contribution in [2.24, 2.45) is 0 Å². The quantitative estimate of drug-likeness (QED) is 0.328. The smallest absolute Gasteiger partial charge is 0.254 e. The molecule has 0 spiro atoms. The van der Waals surface area contributed by atoms with Gasteiger partial charge in [-0.25, -0.2) is 4.98 Å². The molecule has 3 aromatic rings. The Hall–Kier alpha value is -2.52. The second kappa shape index (κ2) is 13.5. The lowest BCUT2D eigenvalue weighted by molar-refractivity contribution is -0.134. The second-order valence-electron chi connectivity index (χ2n) is 9.78. The monoisotopic (exact) mass is 573 g/mol. The molecule has 1 saturated heterocycles. The molecular weight excluding hydrogens is 541 g/mol. The summed E-state index contributed by atoms with van der Waals surface area (Å²) in [6.45, 7) is 6.97. The van der Waals surface area contributed by atoms with E-state index in [1.807, 2.05) is 12.1 Å². The molecule has 1 N–H and O–H groups in total. The first-order valence-electron chi connectivity index (χ1n) is 12.9. The number of carbonyl (C=O) groups excluding carboxylic acids is 2. The molecular formula is C28H33Cl2N5O2S. The van der Waals surface area contributed by atoms with E-state index in [0.717, 1.165) is 37.9 Å². The Morgan fingerprint density at radius 3 is 2.68 bits per heavy atom. The molecule has 0 radical (unpaired) electrons. The zero-order chi connectivity index (χ0) is 27.1. The largest absolute Gasteiger partial charge is 0.352 e. The van der Waals surface area contributed by atoms with Gasteiger partial charge < -0.3 is 15.1 Å². The molecule has 38 heavy (non-hydrogen) atoms. The average Bonchev–Trinajstić information content (AvgIpc) is 3.41. The number of halogens is 2. The molecule has 1 unspecified atom stereocenters. The Kier molecular flexibility index (Phi) is 10.1. The van der Waals surface area contributed by atoms with Gasteiger partial charge in [0.1, 0.15) is 10.3 Å². The predicted molar refractivity (Wildman–Crippen MR) is 153 cm³/mol. The fraction of sp³-hybridized carbons (Fsp3) is 0.429. The van der Waals surface area contributed by atoms with Crippen LogP contribution in [0.4, 0.5) is 0 Å². The van der Waals surface area contributed by atoms with E-state index in [-0.39, 0.29) is 28.2 Å². The molecule has 202 valence electrons. The van der Waals surface area contributed by atoms with E-state index < -0.39 is 0 Å². The molecule has 1 aliphatic rings. The van der Waals surface area contributed by atoms with Gasteiger partial charge in [0.25, 0.3) is 5.91 Å². The number of pyridine rings is 2. The van der Waals surface area contributed by atoms with Crippen molar-refractivity contribution in [1.82, 2.24) is 25.1 Å². The van der Waals surface area contributed by atoms with Crippen LogP contribution in [0.25, 0.3) is 0 Å². The van der Waals surface area contributed by atoms with Crippen LogP contribution in [0.5, 0.6) is 0 Å². The summed E-state index contributed by atoms with van der Waals surface area (Å²) in [5.41, 5.74) is 3.18. The molecule has 0 aromatic carbocycles. The van der Waals surface area contributed by atoms with E-state index in [1.54, 1.807) is 36.7 Å². The molecule has 4 heterocycles. The molecule has 0 saturated carbocycles. The van der Waals surface area contributed by atoms with E-state index in [9.17, 15) is 9.59 Å². The summed E-state index contributed by atoms with van der Waals surface area (Å²) >= 11 is 13.7. The van der Waals surface area contributed by atoms with Crippen LogP contribution in [0, 0.1) is 6.92 Å². The van der Waals surface area contributed by atoms with Crippen LogP contribution >= 0.6 is 34.5 Å². The normalized spacial score (nSPS) is 15.3. The van der Waals surface area contributed by atoms with Gasteiger partial charge in [0.2, 0.25) is 5.91 Å². The molecule has 1 fully saturated rings. The first-order valence-corrected chi connectivity index (χ1v) is 14.6.